The van der Waals surface area contributed by atoms with Crippen LogP contribution in [0.25, 0.3) is 0 Å². The van der Waals surface area contributed by atoms with E-state index in [-0.39, 0.29) is 5.82 Å². The second-order valence-electron chi connectivity index (χ2n) is 2.66. The topological polar surface area (TPSA) is 21.9 Å². The average molecular weight is 172 g/mol. The molecule has 0 spiro atoms. The largest absolute Gasteiger partial charge is 0.307 e. The van der Waals surface area contributed by atoms with Gasteiger partial charge in [0.15, 0.2) is 0 Å². The zero-order valence-corrected chi connectivity index (χ0v) is 6.53. The van der Waals surface area contributed by atoms with Gasteiger partial charge >= 0.3 is 0 Å². The van der Waals surface area contributed by atoms with E-state index in [0.29, 0.717) is 11.1 Å². The zero-order valence-electron chi connectivity index (χ0n) is 5.77. The minimum atomic E-state index is -0.263. The molecule has 1 fully saturated rings. The van der Waals surface area contributed by atoms with Crippen molar-refractivity contribution in [1.82, 2.24) is 5.32 Å². The molecule has 1 N–H and O–H groups in total. The maximum atomic E-state index is 12.7. The lowest BCUT2D eigenvalue weighted by Crippen LogP contribution is -1.85. The fourth-order valence-electron chi connectivity index (χ4n) is 1.07. The Kier molecular flexibility index (Phi) is 1.59. The highest BCUT2D eigenvalue weighted by Crippen LogP contribution is 2.25. The minimum Gasteiger partial charge on any atom is -0.307 e. The van der Waals surface area contributed by atoms with E-state index in [2.05, 4.69) is 5.32 Å². The minimum absolute atomic E-state index is 0.263. The van der Waals surface area contributed by atoms with E-state index >= 15 is 0 Å². The molecule has 2 rings (SSSR count). The van der Waals surface area contributed by atoms with Crippen molar-refractivity contribution >= 4 is 11.6 Å². The van der Waals surface area contributed by atoms with Gasteiger partial charge in [-0.15, -0.1) is 0 Å². The van der Waals surface area contributed by atoms with E-state index in [1.807, 2.05) is 0 Å². The molecule has 1 heterocycles. The number of hydrogen-bond donors (Lipinski definition) is 1. The van der Waals surface area contributed by atoms with Gasteiger partial charge in [0.2, 0.25) is 0 Å². The van der Waals surface area contributed by atoms with E-state index < -0.39 is 0 Å². The van der Waals surface area contributed by atoms with Gasteiger partial charge in [0.1, 0.15) is 5.82 Å². The van der Waals surface area contributed by atoms with Crippen molar-refractivity contribution in [2.75, 3.05) is 6.54 Å². The molecule has 1 saturated heterocycles. The highest BCUT2D eigenvalue weighted by atomic mass is 35.5. The summed E-state index contributed by atoms with van der Waals surface area (Å²) >= 11 is 5.65. The molecule has 1 aliphatic rings. The van der Waals surface area contributed by atoms with Crippen LogP contribution in [-0.2, 0) is 0 Å². The Morgan fingerprint density at radius 1 is 1.45 bits per heavy atom. The Labute approximate surface area is 69.2 Å². The first kappa shape index (κ1) is 7.07. The molecule has 1 atom stereocenters. The molecule has 0 radical (unpaired) electrons. The van der Waals surface area contributed by atoms with Crippen molar-refractivity contribution in [3.8, 4) is 0 Å². The van der Waals surface area contributed by atoms with Gasteiger partial charge in [-0.05, 0) is 23.8 Å². The molecule has 0 unspecified atom stereocenters. The highest BCUT2D eigenvalue weighted by molar-refractivity contribution is 6.30. The number of rotatable bonds is 1. The first-order valence-corrected chi connectivity index (χ1v) is 3.83. The number of halogens is 2. The van der Waals surface area contributed by atoms with Crippen LogP contribution in [0, 0.1) is 5.82 Å². The summed E-state index contributed by atoms with van der Waals surface area (Å²) in [6, 6.07) is 4.93. The molecule has 0 aliphatic carbocycles. The third-order valence-electron chi connectivity index (χ3n) is 1.70. The third-order valence-corrected chi connectivity index (χ3v) is 1.91. The van der Waals surface area contributed by atoms with Crippen LogP contribution < -0.4 is 5.32 Å². The molecule has 0 amide bonds. The van der Waals surface area contributed by atoms with Crippen LogP contribution in [0.4, 0.5) is 4.39 Å². The molecule has 1 aromatic carbocycles. The maximum absolute atomic E-state index is 12.7. The van der Waals surface area contributed by atoms with Gasteiger partial charge in [-0.3, -0.25) is 0 Å². The van der Waals surface area contributed by atoms with Gasteiger partial charge in [0.25, 0.3) is 0 Å². The molecule has 58 valence electrons. The Bertz CT molecular complexity index is 263. The molecule has 11 heavy (non-hydrogen) atoms. The van der Waals surface area contributed by atoms with Crippen LogP contribution in [0.3, 0.4) is 0 Å². The average Bonchev–Trinajstić information content (AvgIpc) is 2.64. The molecule has 1 aliphatic heterocycles. The van der Waals surface area contributed by atoms with E-state index in [4.69, 9.17) is 11.6 Å². The predicted octanol–water partition coefficient (Wildman–Crippen LogP) is 2.12. The summed E-state index contributed by atoms with van der Waals surface area (Å²) in [6.07, 6.45) is 0. The Balaban J connectivity index is 2.39. The van der Waals surface area contributed by atoms with Crippen LogP contribution in [0.2, 0.25) is 5.02 Å². The van der Waals surface area contributed by atoms with Crippen LogP contribution in [0.15, 0.2) is 18.2 Å². The summed E-state index contributed by atoms with van der Waals surface area (Å²) in [5.74, 6) is -0.263. The molecule has 0 bridgehead atoms. The van der Waals surface area contributed by atoms with Crippen LogP contribution in [0.5, 0.6) is 0 Å². The van der Waals surface area contributed by atoms with Crippen molar-refractivity contribution < 1.29 is 4.39 Å². The normalized spacial score (nSPS) is 21.8. The van der Waals surface area contributed by atoms with Crippen LogP contribution >= 0.6 is 11.6 Å². The predicted molar refractivity (Wildman–Crippen MR) is 42.2 cm³/mol. The number of hydrogen-bond acceptors (Lipinski definition) is 1. The maximum Gasteiger partial charge on any atom is 0.125 e. The fraction of sp³-hybridized carbons (Fsp3) is 0.250. The lowest BCUT2D eigenvalue weighted by atomic mass is 10.1. The molecular formula is C8H7ClFN. The molecule has 3 heteroatoms. The van der Waals surface area contributed by atoms with E-state index in [0.717, 1.165) is 12.1 Å². The van der Waals surface area contributed by atoms with Crippen LogP contribution in [-0.4, -0.2) is 6.54 Å². The van der Waals surface area contributed by atoms with Crippen molar-refractivity contribution in [3.63, 3.8) is 0 Å². The molecule has 0 aromatic heterocycles. The standard InChI is InChI=1S/C8H7ClFN/c9-6-1-5(8-4-11-8)2-7(10)3-6/h1-3,8,11H,4H2/t8-/m1/s1. The second-order valence-corrected chi connectivity index (χ2v) is 3.10. The SMILES string of the molecule is Fc1cc(Cl)cc([C@H]2CN2)c1. The fourth-order valence-corrected chi connectivity index (χ4v) is 1.30. The third kappa shape index (κ3) is 1.52. The Morgan fingerprint density at radius 3 is 2.73 bits per heavy atom. The molecule has 1 aromatic rings. The van der Waals surface area contributed by atoms with Gasteiger partial charge in [-0.25, -0.2) is 4.39 Å². The van der Waals surface area contributed by atoms with Gasteiger partial charge < -0.3 is 5.32 Å². The summed E-state index contributed by atoms with van der Waals surface area (Å²) in [5, 5.41) is 3.55. The summed E-state index contributed by atoms with van der Waals surface area (Å²) in [5.41, 5.74) is 0.940. The summed E-state index contributed by atoms with van der Waals surface area (Å²) in [7, 11) is 0. The van der Waals surface area contributed by atoms with E-state index in [1.54, 1.807) is 6.07 Å². The monoisotopic (exact) mass is 171 g/mol. The van der Waals surface area contributed by atoms with Gasteiger partial charge in [0.05, 0.1) is 0 Å². The van der Waals surface area contributed by atoms with E-state index in [9.17, 15) is 4.39 Å². The summed E-state index contributed by atoms with van der Waals surface area (Å²) < 4.78 is 12.7. The summed E-state index contributed by atoms with van der Waals surface area (Å²) in [4.78, 5) is 0. The van der Waals surface area contributed by atoms with Gasteiger partial charge in [-0.1, -0.05) is 11.6 Å². The van der Waals surface area contributed by atoms with Gasteiger partial charge in [0, 0.05) is 17.6 Å². The lowest BCUT2D eigenvalue weighted by Gasteiger charge is -1.97. The first-order valence-electron chi connectivity index (χ1n) is 3.45. The van der Waals surface area contributed by atoms with Crippen molar-refractivity contribution in [2.45, 2.75) is 6.04 Å². The molecular weight excluding hydrogens is 165 g/mol. The van der Waals surface area contributed by atoms with E-state index in [1.165, 1.54) is 12.1 Å². The van der Waals surface area contributed by atoms with Crippen molar-refractivity contribution in [3.05, 3.63) is 34.6 Å². The smallest absolute Gasteiger partial charge is 0.125 e. The van der Waals surface area contributed by atoms with Crippen molar-refractivity contribution in [1.29, 1.82) is 0 Å². The Hall–Kier alpha value is -0.600. The van der Waals surface area contributed by atoms with Crippen molar-refractivity contribution in [2.24, 2.45) is 0 Å². The van der Waals surface area contributed by atoms with Crippen LogP contribution in [0.1, 0.15) is 11.6 Å². The Morgan fingerprint density at radius 2 is 2.18 bits per heavy atom. The number of benzene rings is 1. The second kappa shape index (κ2) is 2.47. The quantitative estimate of drug-likeness (QED) is 0.643. The number of nitrogens with one attached hydrogen (secondary N) is 1. The lowest BCUT2D eigenvalue weighted by molar-refractivity contribution is 0.625. The first-order chi connectivity index (χ1) is 5.25. The van der Waals surface area contributed by atoms with Gasteiger partial charge in [-0.2, -0.15) is 0 Å². The molecule has 1 nitrogen and oxygen atoms in total. The molecule has 0 saturated carbocycles. The summed E-state index contributed by atoms with van der Waals surface area (Å²) in [6.45, 7) is 0.930. The highest BCUT2D eigenvalue weighted by Gasteiger charge is 2.22. The zero-order chi connectivity index (χ0) is 7.84.